The molecule has 1 heterocycles. The Kier molecular flexibility index (Phi) is 4.44. The minimum Gasteiger partial charge on any atom is -0.313 e. The smallest absolute Gasteiger partial charge is 0.0931 e. The number of aryl methyl sites for hydroxylation is 2. The maximum atomic E-state index is 5.99. The van der Waals surface area contributed by atoms with Crippen LogP contribution in [0.2, 0.25) is 4.34 Å². The lowest BCUT2D eigenvalue weighted by Gasteiger charge is -2.19. The number of halogens is 1. The molecule has 1 unspecified atom stereocenters. The molecule has 18 heavy (non-hydrogen) atoms. The van der Waals surface area contributed by atoms with Crippen molar-refractivity contribution in [1.29, 1.82) is 0 Å². The number of hydrogen-bond acceptors (Lipinski definition) is 2. The summed E-state index contributed by atoms with van der Waals surface area (Å²) < 4.78 is 0.862. The van der Waals surface area contributed by atoms with Gasteiger partial charge in [0.1, 0.15) is 0 Å². The largest absolute Gasteiger partial charge is 0.313 e. The van der Waals surface area contributed by atoms with Gasteiger partial charge in [-0.25, -0.2) is 0 Å². The maximum absolute atomic E-state index is 5.99. The molecule has 0 saturated heterocycles. The van der Waals surface area contributed by atoms with Gasteiger partial charge in [-0.1, -0.05) is 35.4 Å². The lowest BCUT2D eigenvalue weighted by molar-refractivity contribution is 0.593. The molecule has 0 amide bonds. The van der Waals surface area contributed by atoms with E-state index in [0.29, 0.717) is 6.04 Å². The first kappa shape index (κ1) is 13.6. The van der Waals surface area contributed by atoms with Gasteiger partial charge in [-0.3, -0.25) is 0 Å². The number of rotatable bonds is 4. The molecular weight excluding hydrogens is 262 g/mol. The Morgan fingerprint density at radius 3 is 2.61 bits per heavy atom. The lowest BCUT2D eigenvalue weighted by Crippen LogP contribution is -2.19. The van der Waals surface area contributed by atoms with E-state index in [1.807, 2.05) is 13.1 Å². The molecule has 1 aromatic carbocycles. The van der Waals surface area contributed by atoms with Crippen molar-refractivity contribution in [3.8, 4) is 0 Å². The summed E-state index contributed by atoms with van der Waals surface area (Å²) >= 11 is 7.65. The summed E-state index contributed by atoms with van der Waals surface area (Å²) in [5, 5.41) is 3.41. The predicted molar refractivity (Wildman–Crippen MR) is 80.7 cm³/mol. The third-order valence-corrected chi connectivity index (χ3v) is 4.45. The first-order valence-corrected chi connectivity index (χ1v) is 7.28. The van der Waals surface area contributed by atoms with Gasteiger partial charge in [-0.2, -0.15) is 0 Å². The van der Waals surface area contributed by atoms with Crippen molar-refractivity contribution in [2.75, 3.05) is 7.05 Å². The molecule has 2 aromatic rings. The summed E-state index contributed by atoms with van der Waals surface area (Å²) in [6.07, 6.45) is 0.984. The minimum absolute atomic E-state index is 0.347. The van der Waals surface area contributed by atoms with Crippen molar-refractivity contribution in [2.45, 2.75) is 26.3 Å². The van der Waals surface area contributed by atoms with Crippen LogP contribution in [0.4, 0.5) is 0 Å². The SMILES string of the molecule is CNC(Cc1ccc(Cl)s1)c1cc(C)ccc1C. The molecule has 1 N–H and O–H groups in total. The Balaban J connectivity index is 2.25. The van der Waals surface area contributed by atoms with Crippen molar-refractivity contribution >= 4 is 22.9 Å². The van der Waals surface area contributed by atoms with Gasteiger partial charge in [0.05, 0.1) is 4.34 Å². The number of thiophene rings is 1. The average molecular weight is 280 g/mol. The predicted octanol–water partition coefficient (Wildman–Crippen LogP) is 4.52. The Bertz CT molecular complexity index is 533. The molecule has 0 aliphatic heterocycles. The fourth-order valence-corrected chi connectivity index (χ4v) is 3.30. The van der Waals surface area contributed by atoms with Crippen molar-refractivity contribution < 1.29 is 0 Å². The molecule has 96 valence electrons. The van der Waals surface area contributed by atoms with Crippen LogP contribution in [0.15, 0.2) is 30.3 Å². The number of benzene rings is 1. The van der Waals surface area contributed by atoms with Crippen LogP contribution in [0.25, 0.3) is 0 Å². The van der Waals surface area contributed by atoms with Crippen LogP contribution in [-0.2, 0) is 6.42 Å². The standard InChI is InChI=1S/C15H18ClNS/c1-10-4-5-11(2)13(8-10)14(17-3)9-12-6-7-15(16)18-12/h4-8,14,17H,9H2,1-3H3. The van der Waals surface area contributed by atoms with E-state index in [4.69, 9.17) is 11.6 Å². The van der Waals surface area contributed by atoms with Crippen molar-refractivity contribution in [3.63, 3.8) is 0 Å². The molecule has 0 spiro atoms. The highest BCUT2D eigenvalue weighted by Crippen LogP contribution is 2.28. The highest BCUT2D eigenvalue weighted by atomic mass is 35.5. The van der Waals surface area contributed by atoms with E-state index in [9.17, 15) is 0 Å². The summed E-state index contributed by atoms with van der Waals surface area (Å²) in [4.78, 5) is 1.32. The fourth-order valence-electron chi connectivity index (χ4n) is 2.17. The van der Waals surface area contributed by atoms with Crippen LogP contribution in [0.5, 0.6) is 0 Å². The van der Waals surface area contributed by atoms with E-state index in [1.165, 1.54) is 21.6 Å². The van der Waals surface area contributed by atoms with Crippen LogP contribution in [0, 0.1) is 13.8 Å². The number of likely N-dealkylation sites (N-methyl/N-ethyl adjacent to an activating group) is 1. The van der Waals surface area contributed by atoms with Gasteiger partial charge in [0.2, 0.25) is 0 Å². The quantitative estimate of drug-likeness (QED) is 0.868. The van der Waals surface area contributed by atoms with E-state index in [0.717, 1.165) is 10.8 Å². The topological polar surface area (TPSA) is 12.0 Å². The van der Waals surface area contributed by atoms with E-state index >= 15 is 0 Å². The first-order valence-electron chi connectivity index (χ1n) is 6.09. The number of nitrogens with one attached hydrogen (secondary N) is 1. The Labute approximate surface area is 118 Å². The summed E-state index contributed by atoms with van der Waals surface area (Å²) in [5.74, 6) is 0. The number of hydrogen-bond donors (Lipinski definition) is 1. The molecule has 0 radical (unpaired) electrons. The molecule has 0 fully saturated rings. The summed E-state index contributed by atoms with van der Waals surface area (Å²) in [7, 11) is 2.02. The molecule has 1 nitrogen and oxygen atoms in total. The van der Waals surface area contributed by atoms with Crippen LogP contribution in [0.3, 0.4) is 0 Å². The highest BCUT2D eigenvalue weighted by Gasteiger charge is 2.13. The van der Waals surface area contributed by atoms with Gasteiger partial charge in [0, 0.05) is 17.3 Å². The molecule has 0 bridgehead atoms. The van der Waals surface area contributed by atoms with Crippen molar-refractivity contribution in [2.24, 2.45) is 0 Å². The van der Waals surface area contributed by atoms with Crippen molar-refractivity contribution in [3.05, 3.63) is 56.2 Å². The minimum atomic E-state index is 0.347. The van der Waals surface area contributed by atoms with Gasteiger partial charge in [0.25, 0.3) is 0 Å². The van der Waals surface area contributed by atoms with Crippen LogP contribution >= 0.6 is 22.9 Å². The van der Waals surface area contributed by atoms with Crippen LogP contribution in [-0.4, -0.2) is 7.05 Å². The summed E-state index contributed by atoms with van der Waals surface area (Å²) in [6.45, 7) is 4.30. The molecule has 1 aromatic heterocycles. The van der Waals surface area contributed by atoms with Crippen LogP contribution < -0.4 is 5.32 Å². The second-order valence-corrected chi connectivity index (χ2v) is 6.41. The Morgan fingerprint density at radius 2 is 2.00 bits per heavy atom. The average Bonchev–Trinajstić information content (AvgIpc) is 2.75. The van der Waals surface area contributed by atoms with E-state index in [-0.39, 0.29) is 0 Å². The fraction of sp³-hybridized carbons (Fsp3) is 0.333. The summed E-state index contributed by atoms with van der Waals surface area (Å²) in [6, 6.07) is 11.1. The molecular formula is C15H18ClNS. The highest BCUT2D eigenvalue weighted by molar-refractivity contribution is 7.16. The van der Waals surface area contributed by atoms with Gasteiger partial charge in [-0.05, 0) is 44.2 Å². The molecule has 3 heteroatoms. The zero-order chi connectivity index (χ0) is 13.1. The molecule has 1 atom stereocenters. The molecule has 0 aliphatic carbocycles. The molecule has 0 aliphatic rings. The summed E-state index contributed by atoms with van der Waals surface area (Å²) in [5.41, 5.74) is 4.02. The van der Waals surface area contributed by atoms with E-state index in [2.05, 4.69) is 43.4 Å². The normalized spacial score (nSPS) is 12.7. The Morgan fingerprint density at radius 1 is 1.22 bits per heavy atom. The van der Waals surface area contributed by atoms with Gasteiger partial charge >= 0.3 is 0 Å². The maximum Gasteiger partial charge on any atom is 0.0931 e. The zero-order valence-corrected chi connectivity index (χ0v) is 12.5. The van der Waals surface area contributed by atoms with Gasteiger partial charge in [-0.15, -0.1) is 11.3 Å². The monoisotopic (exact) mass is 279 g/mol. The third-order valence-electron chi connectivity index (χ3n) is 3.19. The Hall–Kier alpha value is -0.830. The molecule has 0 saturated carbocycles. The van der Waals surface area contributed by atoms with E-state index in [1.54, 1.807) is 11.3 Å². The van der Waals surface area contributed by atoms with Gasteiger partial charge in [0.15, 0.2) is 0 Å². The first-order chi connectivity index (χ1) is 8.60. The van der Waals surface area contributed by atoms with E-state index < -0.39 is 0 Å². The van der Waals surface area contributed by atoms with Gasteiger partial charge < -0.3 is 5.32 Å². The lowest BCUT2D eigenvalue weighted by atomic mass is 9.96. The second kappa shape index (κ2) is 5.87. The molecule has 2 rings (SSSR count). The van der Waals surface area contributed by atoms with Crippen molar-refractivity contribution in [1.82, 2.24) is 5.32 Å². The van der Waals surface area contributed by atoms with Crippen LogP contribution in [0.1, 0.15) is 27.6 Å². The third kappa shape index (κ3) is 3.14. The zero-order valence-electron chi connectivity index (χ0n) is 11.0. The second-order valence-electron chi connectivity index (χ2n) is 4.61.